The van der Waals surface area contributed by atoms with Crippen molar-refractivity contribution in [2.75, 3.05) is 0 Å². The van der Waals surface area contributed by atoms with E-state index in [9.17, 15) is 9.18 Å². The molecular weight excluding hydrogens is 391 g/mol. The first kappa shape index (κ1) is 15.4. The van der Waals surface area contributed by atoms with E-state index in [1.165, 1.54) is 12.1 Å². The van der Waals surface area contributed by atoms with Crippen molar-refractivity contribution in [2.45, 2.75) is 19.8 Å². The molecule has 0 saturated carbocycles. The average molecular weight is 404 g/mol. The lowest BCUT2D eigenvalue weighted by Crippen LogP contribution is -2.10. The minimum atomic E-state index is -0.515. The van der Waals surface area contributed by atoms with Crippen molar-refractivity contribution in [3.05, 3.63) is 49.9 Å². The van der Waals surface area contributed by atoms with Crippen LogP contribution in [0.25, 0.3) is 0 Å². The maximum absolute atomic E-state index is 13.8. The lowest BCUT2D eigenvalue weighted by molar-refractivity contribution is 0.0986. The number of benzene rings is 1. The molecule has 1 heterocycles. The van der Waals surface area contributed by atoms with Crippen LogP contribution in [0.1, 0.15) is 28.7 Å². The number of carbonyl (C=O) groups is 1. The zero-order valence-electron chi connectivity index (χ0n) is 11.1. The van der Waals surface area contributed by atoms with Crippen molar-refractivity contribution < 1.29 is 9.18 Å². The predicted octanol–water partition coefficient (Wildman–Crippen LogP) is 4.07. The summed E-state index contributed by atoms with van der Waals surface area (Å²) in [6.45, 7) is 1.99. The van der Waals surface area contributed by atoms with E-state index in [1.807, 2.05) is 6.92 Å². The number of Topliss-reactive ketones (excluding diaryl/α,β-unsaturated/α-hetero) is 1. The fourth-order valence-electron chi connectivity index (χ4n) is 1.97. The van der Waals surface area contributed by atoms with Crippen LogP contribution >= 0.6 is 31.9 Å². The topological polar surface area (TPSA) is 34.9 Å². The molecule has 0 unspecified atom stereocenters. The minimum absolute atomic E-state index is 0.0966. The Morgan fingerprint density at radius 3 is 2.65 bits per heavy atom. The number of halogens is 3. The molecule has 2 aromatic rings. The quantitative estimate of drug-likeness (QED) is 0.721. The number of hydrogen-bond acceptors (Lipinski definition) is 2. The lowest BCUT2D eigenvalue weighted by atomic mass is 10.1. The maximum Gasteiger partial charge on any atom is 0.171 e. The first-order valence-electron chi connectivity index (χ1n) is 6.12. The maximum atomic E-state index is 13.8. The third-order valence-electron chi connectivity index (χ3n) is 3.06. The van der Waals surface area contributed by atoms with Gasteiger partial charge in [0.25, 0.3) is 0 Å². The van der Waals surface area contributed by atoms with Gasteiger partial charge in [-0.15, -0.1) is 0 Å². The molecule has 0 aliphatic carbocycles. The number of aryl methyl sites for hydroxylation is 2. The molecule has 1 aromatic heterocycles. The van der Waals surface area contributed by atoms with Gasteiger partial charge in [0.2, 0.25) is 0 Å². The highest BCUT2D eigenvalue weighted by Crippen LogP contribution is 2.24. The Labute approximate surface area is 133 Å². The summed E-state index contributed by atoms with van der Waals surface area (Å²) in [5.74, 6) is -0.778. The number of rotatable bonds is 4. The summed E-state index contributed by atoms with van der Waals surface area (Å²) >= 11 is 6.63. The fraction of sp³-hybridized carbons (Fsp3) is 0.286. The largest absolute Gasteiger partial charge is 0.294 e. The standard InChI is InChI=1S/C14H13Br2FN2O/c1-3-11-14(16)12(19(2)18-11)7-13(20)9-5-4-8(15)6-10(9)17/h4-6H,3,7H2,1-2H3. The highest BCUT2D eigenvalue weighted by molar-refractivity contribution is 9.10. The molecule has 0 saturated heterocycles. The van der Waals surface area contributed by atoms with Gasteiger partial charge in [0.1, 0.15) is 5.82 Å². The molecule has 3 nitrogen and oxygen atoms in total. The van der Waals surface area contributed by atoms with E-state index in [-0.39, 0.29) is 17.8 Å². The Hall–Kier alpha value is -1.01. The molecule has 2 rings (SSSR count). The molecule has 0 aliphatic heterocycles. The summed E-state index contributed by atoms with van der Waals surface area (Å²) < 4.78 is 16.9. The SMILES string of the molecule is CCc1nn(C)c(CC(=O)c2ccc(Br)cc2F)c1Br. The van der Waals surface area contributed by atoms with Crippen LogP contribution in [0.15, 0.2) is 27.1 Å². The van der Waals surface area contributed by atoms with E-state index in [1.54, 1.807) is 17.8 Å². The van der Waals surface area contributed by atoms with Gasteiger partial charge in [-0.3, -0.25) is 9.48 Å². The summed E-state index contributed by atoms with van der Waals surface area (Å²) in [5.41, 5.74) is 1.75. The Kier molecular flexibility index (Phi) is 4.75. The lowest BCUT2D eigenvalue weighted by Gasteiger charge is -2.04. The molecule has 0 radical (unpaired) electrons. The number of hydrogen-bond donors (Lipinski definition) is 0. The summed E-state index contributed by atoms with van der Waals surface area (Å²) in [4.78, 5) is 12.2. The van der Waals surface area contributed by atoms with Crippen molar-refractivity contribution >= 4 is 37.6 Å². The van der Waals surface area contributed by atoms with E-state index in [0.29, 0.717) is 4.47 Å². The highest BCUT2D eigenvalue weighted by atomic mass is 79.9. The summed E-state index contributed by atoms with van der Waals surface area (Å²) in [6, 6.07) is 4.45. The molecule has 0 atom stereocenters. The number of carbonyl (C=O) groups excluding carboxylic acids is 1. The van der Waals surface area contributed by atoms with E-state index in [0.717, 1.165) is 22.3 Å². The van der Waals surface area contributed by atoms with Crippen LogP contribution in [-0.4, -0.2) is 15.6 Å². The van der Waals surface area contributed by atoms with Gasteiger partial charge in [0, 0.05) is 11.5 Å². The van der Waals surface area contributed by atoms with Gasteiger partial charge in [-0.1, -0.05) is 22.9 Å². The summed E-state index contributed by atoms with van der Waals surface area (Å²) in [6.07, 6.45) is 0.887. The van der Waals surface area contributed by atoms with Gasteiger partial charge < -0.3 is 0 Å². The van der Waals surface area contributed by atoms with Gasteiger partial charge in [0.15, 0.2) is 5.78 Å². The first-order chi connectivity index (χ1) is 9.43. The fourth-order valence-corrected chi connectivity index (χ4v) is 3.06. The molecule has 0 amide bonds. The number of nitrogens with zero attached hydrogens (tertiary/aromatic N) is 2. The Balaban J connectivity index is 2.30. The van der Waals surface area contributed by atoms with Gasteiger partial charge >= 0.3 is 0 Å². The monoisotopic (exact) mass is 402 g/mol. The smallest absolute Gasteiger partial charge is 0.171 e. The van der Waals surface area contributed by atoms with Crippen LogP contribution in [0.2, 0.25) is 0 Å². The number of ketones is 1. The Bertz CT molecular complexity index is 667. The molecular formula is C14H13Br2FN2O. The minimum Gasteiger partial charge on any atom is -0.294 e. The molecule has 0 N–H and O–H groups in total. The first-order valence-corrected chi connectivity index (χ1v) is 7.71. The van der Waals surface area contributed by atoms with Crippen molar-refractivity contribution in [1.82, 2.24) is 9.78 Å². The van der Waals surface area contributed by atoms with Crippen LogP contribution in [-0.2, 0) is 19.9 Å². The summed E-state index contributed by atoms with van der Waals surface area (Å²) in [5, 5.41) is 4.33. The van der Waals surface area contributed by atoms with Crippen molar-refractivity contribution in [2.24, 2.45) is 7.05 Å². The third-order valence-corrected chi connectivity index (χ3v) is 4.47. The van der Waals surface area contributed by atoms with Crippen LogP contribution in [0.3, 0.4) is 0 Å². The second kappa shape index (κ2) is 6.18. The van der Waals surface area contributed by atoms with E-state index in [4.69, 9.17) is 0 Å². The average Bonchev–Trinajstić information content (AvgIpc) is 2.66. The number of aromatic nitrogens is 2. The zero-order chi connectivity index (χ0) is 14.9. The van der Waals surface area contributed by atoms with Gasteiger partial charge in [-0.2, -0.15) is 5.10 Å². The van der Waals surface area contributed by atoms with E-state index >= 15 is 0 Å². The van der Waals surface area contributed by atoms with Gasteiger partial charge in [0.05, 0.1) is 27.8 Å². The van der Waals surface area contributed by atoms with Crippen molar-refractivity contribution in [1.29, 1.82) is 0 Å². The Morgan fingerprint density at radius 1 is 1.40 bits per heavy atom. The molecule has 0 spiro atoms. The zero-order valence-corrected chi connectivity index (χ0v) is 14.3. The van der Waals surface area contributed by atoms with Crippen LogP contribution < -0.4 is 0 Å². The second-order valence-corrected chi connectivity index (χ2v) is 6.12. The summed E-state index contributed by atoms with van der Waals surface area (Å²) in [7, 11) is 1.78. The van der Waals surface area contributed by atoms with Crippen molar-refractivity contribution in [3.63, 3.8) is 0 Å². The second-order valence-electron chi connectivity index (χ2n) is 4.41. The highest BCUT2D eigenvalue weighted by Gasteiger charge is 2.19. The van der Waals surface area contributed by atoms with Gasteiger partial charge in [-0.25, -0.2) is 4.39 Å². The molecule has 0 aliphatic rings. The van der Waals surface area contributed by atoms with E-state index in [2.05, 4.69) is 37.0 Å². The molecule has 1 aromatic carbocycles. The molecule has 0 fully saturated rings. The van der Waals surface area contributed by atoms with Crippen LogP contribution in [0.4, 0.5) is 4.39 Å². The van der Waals surface area contributed by atoms with Crippen molar-refractivity contribution in [3.8, 4) is 0 Å². The molecule has 20 heavy (non-hydrogen) atoms. The van der Waals surface area contributed by atoms with E-state index < -0.39 is 5.82 Å². The Morgan fingerprint density at radius 2 is 2.10 bits per heavy atom. The molecule has 0 bridgehead atoms. The van der Waals surface area contributed by atoms with Gasteiger partial charge in [-0.05, 0) is 40.5 Å². The van der Waals surface area contributed by atoms with Crippen LogP contribution in [0, 0.1) is 5.82 Å². The third kappa shape index (κ3) is 3.01. The van der Waals surface area contributed by atoms with Crippen LogP contribution in [0.5, 0.6) is 0 Å². The molecule has 6 heteroatoms. The normalized spacial score (nSPS) is 10.8. The molecule has 106 valence electrons. The predicted molar refractivity (Wildman–Crippen MR) is 82.4 cm³/mol.